The Bertz CT molecular complexity index is 825. The third-order valence-corrected chi connectivity index (χ3v) is 3.04. The molecule has 0 unspecified atom stereocenters. The predicted octanol–water partition coefficient (Wildman–Crippen LogP) is 1.22. The minimum absolute atomic E-state index is 0.367. The molecule has 0 saturated heterocycles. The summed E-state index contributed by atoms with van der Waals surface area (Å²) >= 11 is 0. The number of rotatable bonds is 1. The standard InChI is InChI=1S/C13H11N3O2/c1-16-9-7-14-11(8-5-3-2-4-6-8)10(9)12(17)15-13(16)18/h2-7,14H,1H3,(H,15,17,18). The largest absolute Gasteiger partial charge is 0.359 e. The maximum Gasteiger partial charge on any atom is 0.328 e. The maximum absolute atomic E-state index is 11.9. The molecule has 2 aromatic heterocycles. The van der Waals surface area contributed by atoms with Gasteiger partial charge >= 0.3 is 5.69 Å². The first kappa shape index (κ1) is 10.6. The van der Waals surface area contributed by atoms with Crippen LogP contribution in [-0.2, 0) is 7.05 Å². The summed E-state index contributed by atoms with van der Waals surface area (Å²) in [5, 5.41) is 0.503. The molecular weight excluding hydrogens is 230 g/mol. The number of aromatic amines is 2. The summed E-state index contributed by atoms with van der Waals surface area (Å²) in [6.45, 7) is 0. The molecule has 0 amide bonds. The van der Waals surface area contributed by atoms with Gasteiger partial charge in [-0.15, -0.1) is 0 Å². The summed E-state index contributed by atoms with van der Waals surface area (Å²) in [4.78, 5) is 28.8. The van der Waals surface area contributed by atoms with Crippen molar-refractivity contribution in [1.82, 2.24) is 14.5 Å². The van der Waals surface area contributed by atoms with Gasteiger partial charge in [-0.25, -0.2) is 4.79 Å². The van der Waals surface area contributed by atoms with Gasteiger partial charge in [0.1, 0.15) is 0 Å². The molecule has 1 aromatic carbocycles. The van der Waals surface area contributed by atoms with E-state index in [0.29, 0.717) is 10.9 Å². The Labute approximate surface area is 102 Å². The molecule has 3 rings (SSSR count). The Morgan fingerprint density at radius 1 is 1.11 bits per heavy atom. The number of hydrogen-bond acceptors (Lipinski definition) is 2. The van der Waals surface area contributed by atoms with E-state index in [0.717, 1.165) is 11.3 Å². The van der Waals surface area contributed by atoms with E-state index in [9.17, 15) is 9.59 Å². The Morgan fingerprint density at radius 2 is 1.83 bits per heavy atom. The van der Waals surface area contributed by atoms with Crippen LogP contribution in [0.4, 0.5) is 0 Å². The molecule has 0 aliphatic heterocycles. The van der Waals surface area contributed by atoms with Crippen molar-refractivity contribution in [2.75, 3.05) is 0 Å². The fraction of sp³-hybridized carbons (Fsp3) is 0.0769. The van der Waals surface area contributed by atoms with Gasteiger partial charge in [-0.1, -0.05) is 30.3 Å². The molecule has 3 aromatic rings. The second-order valence-corrected chi connectivity index (χ2v) is 4.11. The fourth-order valence-corrected chi connectivity index (χ4v) is 2.09. The van der Waals surface area contributed by atoms with Crippen molar-refractivity contribution in [3.63, 3.8) is 0 Å². The lowest BCUT2D eigenvalue weighted by atomic mass is 10.1. The lowest BCUT2D eigenvalue weighted by Gasteiger charge is -2.00. The van der Waals surface area contributed by atoms with Crippen molar-refractivity contribution in [2.24, 2.45) is 7.05 Å². The van der Waals surface area contributed by atoms with Crippen LogP contribution < -0.4 is 11.2 Å². The highest BCUT2D eigenvalue weighted by Gasteiger charge is 2.12. The highest BCUT2D eigenvalue weighted by molar-refractivity contribution is 5.92. The normalized spacial score (nSPS) is 10.9. The molecule has 0 atom stereocenters. The van der Waals surface area contributed by atoms with Gasteiger partial charge in [0, 0.05) is 13.2 Å². The van der Waals surface area contributed by atoms with Crippen LogP contribution in [0.15, 0.2) is 46.1 Å². The van der Waals surface area contributed by atoms with Gasteiger partial charge < -0.3 is 4.98 Å². The van der Waals surface area contributed by atoms with Crippen LogP contribution in [-0.4, -0.2) is 14.5 Å². The number of H-pyrrole nitrogens is 2. The molecule has 0 saturated carbocycles. The van der Waals surface area contributed by atoms with Crippen molar-refractivity contribution in [3.8, 4) is 11.3 Å². The van der Waals surface area contributed by atoms with Crippen molar-refractivity contribution in [3.05, 3.63) is 57.4 Å². The van der Waals surface area contributed by atoms with E-state index in [1.54, 1.807) is 13.2 Å². The highest BCUT2D eigenvalue weighted by atomic mass is 16.2. The number of aryl methyl sites for hydroxylation is 1. The van der Waals surface area contributed by atoms with E-state index < -0.39 is 5.69 Å². The Morgan fingerprint density at radius 3 is 2.56 bits per heavy atom. The van der Waals surface area contributed by atoms with Crippen molar-refractivity contribution < 1.29 is 0 Å². The molecule has 18 heavy (non-hydrogen) atoms. The van der Waals surface area contributed by atoms with Gasteiger partial charge in [-0.2, -0.15) is 0 Å². The average Bonchev–Trinajstić information content (AvgIpc) is 2.82. The number of fused-ring (bicyclic) bond motifs is 1. The third kappa shape index (κ3) is 1.41. The van der Waals surface area contributed by atoms with Gasteiger partial charge in [-0.05, 0) is 5.56 Å². The zero-order chi connectivity index (χ0) is 12.7. The van der Waals surface area contributed by atoms with Crippen molar-refractivity contribution >= 4 is 10.9 Å². The summed E-state index contributed by atoms with van der Waals surface area (Å²) in [5.74, 6) is 0. The van der Waals surface area contributed by atoms with Crippen LogP contribution in [0.1, 0.15) is 0 Å². The summed E-state index contributed by atoms with van der Waals surface area (Å²) < 4.78 is 1.42. The van der Waals surface area contributed by atoms with Gasteiger partial charge in [0.2, 0.25) is 0 Å². The van der Waals surface area contributed by atoms with Crippen LogP contribution in [0.5, 0.6) is 0 Å². The molecule has 5 nitrogen and oxygen atoms in total. The van der Waals surface area contributed by atoms with Crippen molar-refractivity contribution in [1.29, 1.82) is 0 Å². The fourth-order valence-electron chi connectivity index (χ4n) is 2.09. The van der Waals surface area contributed by atoms with Crippen LogP contribution in [0.25, 0.3) is 22.2 Å². The third-order valence-electron chi connectivity index (χ3n) is 3.04. The van der Waals surface area contributed by atoms with Crippen LogP contribution in [0, 0.1) is 0 Å². The van der Waals surface area contributed by atoms with E-state index in [1.165, 1.54) is 4.57 Å². The zero-order valence-corrected chi connectivity index (χ0v) is 9.73. The number of nitrogens with zero attached hydrogens (tertiary/aromatic N) is 1. The van der Waals surface area contributed by atoms with E-state index in [-0.39, 0.29) is 5.56 Å². The Hall–Kier alpha value is -2.56. The van der Waals surface area contributed by atoms with Crippen molar-refractivity contribution in [2.45, 2.75) is 0 Å². The van der Waals surface area contributed by atoms with Gasteiger partial charge in [0.15, 0.2) is 0 Å². The SMILES string of the molecule is Cn1c(=O)[nH]c(=O)c2c(-c3ccccc3)[nH]cc21. The van der Waals surface area contributed by atoms with E-state index in [4.69, 9.17) is 0 Å². The second-order valence-electron chi connectivity index (χ2n) is 4.11. The first-order valence-electron chi connectivity index (χ1n) is 5.54. The molecule has 0 aliphatic rings. The quantitative estimate of drug-likeness (QED) is 0.672. The first-order valence-corrected chi connectivity index (χ1v) is 5.54. The number of nitrogens with one attached hydrogen (secondary N) is 2. The minimum Gasteiger partial charge on any atom is -0.359 e. The number of hydrogen-bond donors (Lipinski definition) is 2. The number of aromatic nitrogens is 3. The van der Waals surface area contributed by atoms with Crippen LogP contribution in [0.2, 0.25) is 0 Å². The highest BCUT2D eigenvalue weighted by Crippen LogP contribution is 2.23. The Balaban J connectivity index is 2.45. The Kier molecular flexibility index (Phi) is 2.19. The zero-order valence-electron chi connectivity index (χ0n) is 9.73. The van der Waals surface area contributed by atoms with Crippen LogP contribution >= 0.6 is 0 Å². The van der Waals surface area contributed by atoms with E-state index in [1.807, 2.05) is 30.3 Å². The summed E-state index contributed by atoms with van der Waals surface area (Å²) in [6.07, 6.45) is 1.67. The summed E-state index contributed by atoms with van der Waals surface area (Å²) in [5.41, 5.74) is 1.46. The molecule has 5 heteroatoms. The lowest BCUT2D eigenvalue weighted by molar-refractivity contribution is 0.844. The maximum atomic E-state index is 11.9. The molecule has 0 aliphatic carbocycles. The average molecular weight is 241 g/mol. The molecule has 0 spiro atoms. The predicted molar refractivity (Wildman–Crippen MR) is 69.6 cm³/mol. The lowest BCUT2D eigenvalue weighted by Crippen LogP contribution is -2.27. The molecular formula is C13H11N3O2. The molecule has 2 heterocycles. The minimum atomic E-state index is -0.411. The molecule has 0 radical (unpaired) electrons. The van der Waals surface area contributed by atoms with E-state index in [2.05, 4.69) is 9.97 Å². The second kappa shape index (κ2) is 3.73. The van der Waals surface area contributed by atoms with Gasteiger partial charge in [-0.3, -0.25) is 14.3 Å². The summed E-state index contributed by atoms with van der Waals surface area (Å²) in [7, 11) is 1.63. The molecule has 0 fully saturated rings. The van der Waals surface area contributed by atoms with Gasteiger partial charge in [0.25, 0.3) is 5.56 Å². The first-order chi connectivity index (χ1) is 8.68. The molecule has 2 N–H and O–H groups in total. The topological polar surface area (TPSA) is 70.7 Å². The monoisotopic (exact) mass is 241 g/mol. The smallest absolute Gasteiger partial charge is 0.328 e. The van der Waals surface area contributed by atoms with Gasteiger partial charge in [0.05, 0.1) is 16.6 Å². The summed E-state index contributed by atoms with van der Waals surface area (Å²) in [6, 6.07) is 9.54. The molecule has 90 valence electrons. The van der Waals surface area contributed by atoms with Crippen LogP contribution in [0.3, 0.4) is 0 Å². The van der Waals surface area contributed by atoms with E-state index >= 15 is 0 Å². The molecule has 0 bridgehead atoms. The number of benzene rings is 1.